The smallest absolute Gasteiger partial charge is 0.0884 e. The Morgan fingerprint density at radius 3 is 2.93 bits per heavy atom. The van der Waals surface area contributed by atoms with Gasteiger partial charge in [0.2, 0.25) is 0 Å². The van der Waals surface area contributed by atoms with Gasteiger partial charge in [0.05, 0.1) is 11.0 Å². The molecule has 0 bridgehead atoms. The van der Waals surface area contributed by atoms with Crippen LogP contribution in [0.1, 0.15) is 18.5 Å². The van der Waals surface area contributed by atoms with Gasteiger partial charge in [0, 0.05) is 35.9 Å². The lowest BCUT2D eigenvalue weighted by molar-refractivity contribution is 0.703. The molecule has 0 aliphatic heterocycles. The van der Waals surface area contributed by atoms with Crippen LogP contribution < -0.4 is 5.73 Å². The summed E-state index contributed by atoms with van der Waals surface area (Å²) in [6.45, 7) is 2.79. The molecule has 0 spiro atoms. The van der Waals surface area contributed by atoms with E-state index in [0.717, 1.165) is 15.5 Å². The lowest BCUT2D eigenvalue weighted by Gasteiger charge is -2.09. The van der Waals surface area contributed by atoms with Gasteiger partial charge in [-0.2, -0.15) is 0 Å². The summed E-state index contributed by atoms with van der Waals surface area (Å²) in [5.74, 6) is 0.364. The summed E-state index contributed by atoms with van der Waals surface area (Å²) in [7, 11) is 2.05. The largest absolute Gasteiger partial charge is 0.346 e. The Morgan fingerprint density at radius 1 is 1.53 bits per heavy atom. The fourth-order valence-electron chi connectivity index (χ4n) is 1.79. The summed E-state index contributed by atoms with van der Waals surface area (Å²) in [6.07, 6.45) is 1.82. The van der Waals surface area contributed by atoms with Gasteiger partial charge >= 0.3 is 0 Å². The van der Waals surface area contributed by atoms with Crippen LogP contribution in [0.3, 0.4) is 0 Å². The second kappa shape index (κ2) is 3.94. The van der Waals surface area contributed by atoms with Gasteiger partial charge < -0.3 is 10.3 Å². The molecule has 80 valence electrons. The van der Waals surface area contributed by atoms with Crippen molar-refractivity contribution < 1.29 is 0 Å². The molecule has 15 heavy (non-hydrogen) atoms. The SMILES string of the molecule is CC(CN)c1cc2ncc(Br)cc2n1C. The molecule has 2 N–H and O–H groups in total. The van der Waals surface area contributed by atoms with Crippen LogP contribution in [0.4, 0.5) is 0 Å². The number of hydrogen-bond acceptors (Lipinski definition) is 2. The van der Waals surface area contributed by atoms with Gasteiger partial charge in [0.15, 0.2) is 0 Å². The second-order valence-corrected chi connectivity index (χ2v) is 4.74. The van der Waals surface area contributed by atoms with E-state index in [2.05, 4.69) is 51.6 Å². The summed E-state index contributed by atoms with van der Waals surface area (Å²) < 4.78 is 3.16. The van der Waals surface area contributed by atoms with E-state index in [1.807, 2.05) is 6.20 Å². The molecule has 2 aromatic heterocycles. The first kappa shape index (κ1) is 10.6. The zero-order valence-electron chi connectivity index (χ0n) is 8.87. The van der Waals surface area contributed by atoms with Crippen LogP contribution in [-0.2, 0) is 7.05 Å². The van der Waals surface area contributed by atoms with Gasteiger partial charge in [-0.1, -0.05) is 6.92 Å². The number of aromatic nitrogens is 2. The minimum absolute atomic E-state index is 0.364. The van der Waals surface area contributed by atoms with Gasteiger partial charge in [0.25, 0.3) is 0 Å². The number of aryl methyl sites for hydroxylation is 1. The third kappa shape index (κ3) is 1.79. The number of hydrogen-bond donors (Lipinski definition) is 1. The highest BCUT2D eigenvalue weighted by molar-refractivity contribution is 9.10. The molecule has 2 aromatic rings. The third-order valence-corrected chi connectivity index (χ3v) is 3.19. The number of pyridine rings is 1. The topological polar surface area (TPSA) is 43.8 Å². The van der Waals surface area contributed by atoms with Crippen molar-refractivity contribution >= 4 is 27.0 Å². The molecule has 2 rings (SSSR count). The van der Waals surface area contributed by atoms with Crippen molar-refractivity contribution in [1.82, 2.24) is 9.55 Å². The molecule has 2 heterocycles. The van der Waals surface area contributed by atoms with E-state index in [9.17, 15) is 0 Å². The number of rotatable bonds is 2. The molecule has 0 aliphatic rings. The van der Waals surface area contributed by atoms with Crippen molar-refractivity contribution in [2.24, 2.45) is 12.8 Å². The highest BCUT2D eigenvalue weighted by Crippen LogP contribution is 2.24. The predicted molar refractivity (Wildman–Crippen MR) is 65.9 cm³/mol. The summed E-state index contributed by atoms with van der Waals surface area (Å²) in [6, 6.07) is 4.19. The van der Waals surface area contributed by atoms with Crippen molar-refractivity contribution in [3.63, 3.8) is 0 Å². The Morgan fingerprint density at radius 2 is 2.27 bits per heavy atom. The Kier molecular flexibility index (Phi) is 2.80. The van der Waals surface area contributed by atoms with E-state index in [1.165, 1.54) is 5.69 Å². The number of nitrogens with zero attached hydrogens (tertiary/aromatic N) is 2. The first-order chi connectivity index (χ1) is 7.13. The Hall–Kier alpha value is -0.870. The molecular formula is C11H14BrN3. The minimum Gasteiger partial charge on any atom is -0.346 e. The van der Waals surface area contributed by atoms with E-state index in [-0.39, 0.29) is 0 Å². The number of fused-ring (bicyclic) bond motifs is 1. The third-order valence-electron chi connectivity index (χ3n) is 2.76. The van der Waals surface area contributed by atoms with Crippen molar-refractivity contribution in [1.29, 1.82) is 0 Å². The molecule has 1 unspecified atom stereocenters. The average Bonchev–Trinajstić information content (AvgIpc) is 2.55. The van der Waals surface area contributed by atoms with E-state index < -0.39 is 0 Å². The van der Waals surface area contributed by atoms with Crippen molar-refractivity contribution in [3.05, 3.63) is 28.5 Å². The van der Waals surface area contributed by atoms with Crippen LogP contribution in [0.5, 0.6) is 0 Å². The molecule has 0 saturated carbocycles. The minimum atomic E-state index is 0.364. The Labute approximate surface area is 97.4 Å². The Balaban J connectivity index is 2.64. The van der Waals surface area contributed by atoms with E-state index in [0.29, 0.717) is 12.5 Å². The zero-order valence-corrected chi connectivity index (χ0v) is 10.5. The van der Waals surface area contributed by atoms with Crippen LogP contribution >= 0.6 is 15.9 Å². The molecule has 0 radical (unpaired) electrons. The molecule has 0 saturated heterocycles. The molecule has 0 aliphatic carbocycles. The molecule has 0 aromatic carbocycles. The second-order valence-electron chi connectivity index (χ2n) is 3.82. The quantitative estimate of drug-likeness (QED) is 0.908. The van der Waals surface area contributed by atoms with Gasteiger partial charge in [-0.15, -0.1) is 0 Å². The summed E-state index contributed by atoms with van der Waals surface area (Å²) in [4.78, 5) is 4.37. The molecular weight excluding hydrogens is 254 g/mol. The fraction of sp³-hybridized carbons (Fsp3) is 0.364. The molecule has 0 fully saturated rings. The molecule has 1 atom stereocenters. The first-order valence-corrected chi connectivity index (χ1v) is 5.73. The molecule has 4 heteroatoms. The number of halogens is 1. The van der Waals surface area contributed by atoms with Gasteiger partial charge in [-0.25, -0.2) is 0 Å². The maximum absolute atomic E-state index is 5.68. The van der Waals surface area contributed by atoms with Gasteiger partial charge in [-0.05, 0) is 28.1 Å². The predicted octanol–water partition coefficient (Wildman–Crippen LogP) is 2.40. The van der Waals surface area contributed by atoms with Crippen LogP contribution in [0.25, 0.3) is 11.0 Å². The van der Waals surface area contributed by atoms with Crippen LogP contribution in [0.15, 0.2) is 22.8 Å². The fourth-order valence-corrected chi connectivity index (χ4v) is 2.11. The van der Waals surface area contributed by atoms with Crippen molar-refractivity contribution in [2.75, 3.05) is 6.54 Å². The van der Waals surface area contributed by atoms with Gasteiger partial charge in [-0.3, -0.25) is 4.98 Å². The maximum atomic E-state index is 5.68. The summed E-state index contributed by atoms with van der Waals surface area (Å²) >= 11 is 3.43. The first-order valence-electron chi connectivity index (χ1n) is 4.94. The van der Waals surface area contributed by atoms with Gasteiger partial charge in [0.1, 0.15) is 0 Å². The molecule has 0 amide bonds. The highest BCUT2D eigenvalue weighted by atomic mass is 79.9. The highest BCUT2D eigenvalue weighted by Gasteiger charge is 2.11. The van der Waals surface area contributed by atoms with Crippen LogP contribution in [-0.4, -0.2) is 16.1 Å². The van der Waals surface area contributed by atoms with E-state index >= 15 is 0 Å². The van der Waals surface area contributed by atoms with Crippen LogP contribution in [0, 0.1) is 0 Å². The standard InChI is InChI=1S/C11H14BrN3/c1-7(5-13)10-4-9-11(15(10)2)3-8(12)6-14-9/h3-4,6-7H,5,13H2,1-2H3. The average molecular weight is 268 g/mol. The zero-order chi connectivity index (χ0) is 11.0. The lowest BCUT2D eigenvalue weighted by Crippen LogP contribution is -2.11. The van der Waals surface area contributed by atoms with Crippen molar-refractivity contribution in [2.45, 2.75) is 12.8 Å². The monoisotopic (exact) mass is 267 g/mol. The lowest BCUT2D eigenvalue weighted by atomic mass is 10.1. The van der Waals surface area contributed by atoms with Crippen molar-refractivity contribution in [3.8, 4) is 0 Å². The summed E-state index contributed by atoms with van der Waals surface area (Å²) in [5, 5.41) is 0. The van der Waals surface area contributed by atoms with Crippen LogP contribution in [0.2, 0.25) is 0 Å². The number of nitrogens with two attached hydrogens (primary N) is 1. The normalized spacial score (nSPS) is 13.3. The maximum Gasteiger partial charge on any atom is 0.0884 e. The Bertz CT molecular complexity index is 490. The summed E-state index contributed by atoms with van der Waals surface area (Å²) in [5.41, 5.74) is 9.08. The van der Waals surface area contributed by atoms with E-state index in [4.69, 9.17) is 5.73 Å². The van der Waals surface area contributed by atoms with E-state index in [1.54, 1.807) is 0 Å². The molecule has 3 nitrogen and oxygen atoms in total.